The largest absolute Gasteiger partial charge is 0.497 e. The van der Waals surface area contributed by atoms with Gasteiger partial charge in [0.25, 0.3) is 0 Å². The van der Waals surface area contributed by atoms with Crippen molar-refractivity contribution in [3.8, 4) is 5.75 Å². The molecular weight excluding hydrogens is 503 g/mol. The van der Waals surface area contributed by atoms with Crippen molar-refractivity contribution in [3.05, 3.63) is 41.5 Å². The molecule has 2 N–H and O–H groups in total. The molecule has 3 rings (SSSR count). The first kappa shape index (κ1) is 25.4. The number of methoxy groups -OCH3 is 1. The number of nitrogens with zero attached hydrogens (tertiary/aromatic N) is 4. The van der Waals surface area contributed by atoms with E-state index in [4.69, 9.17) is 9.73 Å². The summed E-state index contributed by atoms with van der Waals surface area (Å²) in [7, 11) is 3.67. The van der Waals surface area contributed by atoms with Gasteiger partial charge in [-0.3, -0.25) is 0 Å². The second-order valence-electron chi connectivity index (χ2n) is 8.33. The Kier molecular flexibility index (Phi) is 10.1. The topological polar surface area (TPSA) is 76.4 Å². The fourth-order valence-corrected chi connectivity index (χ4v) is 4.08. The Hall–Kier alpha value is -1.84. The average molecular weight is 540 g/mol. The summed E-state index contributed by atoms with van der Waals surface area (Å²) in [5.41, 5.74) is 1.67. The zero-order valence-corrected chi connectivity index (χ0v) is 21.6. The molecule has 1 heterocycles. The van der Waals surface area contributed by atoms with Gasteiger partial charge in [0, 0.05) is 20.1 Å². The molecule has 1 aromatic heterocycles. The molecule has 0 aliphatic heterocycles. The predicted molar refractivity (Wildman–Crippen MR) is 136 cm³/mol. The first-order valence-electron chi connectivity index (χ1n) is 11.1. The minimum Gasteiger partial charge on any atom is -0.497 e. The summed E-state index contributed by atoms with van der Waals surface area (Å²) in [5.74, 6) is 3.51. The van der Waals surface area contributed by atoms with Crippen LogP contribution >= 0.6 is 24.0 Å². The second kappa shape index (κ2) is 12.3. The van der Waals surface area contributed by atoms with E-state index in [1.165, 1.54) is 37.7 Å². The lowest BCUT2D eigenvalue weighted by atomic mass is 9.83. The van der Waals surface area contributed by atoms with E-state index >= 15 is 0 Å². The zero-order valence-electron chi connectivity index (χ0n) is 19.3. The number of aromatic nitrogens is 3. The maximum atomic E-state index is 5.24. The predicted octanol–water partition coefficient (Wildman–Crippen LogP) is 4.00. The number of ether oxygens (including phenoxy) is 1. The van der Waals surface area contributed by atoms with Gasteiger partial charge in [-0.1, -0.05) is 31.9 Å². The molecule has 1 aliphatic carbocycles. The van der Waals surface area contributed by atoms with E-state index in [-0.39, 0.29) is 24.0 Å². The summed E-state index contributed by atoms with van der Waals surface area (Å²) in [6.45, 7) is 6.56. The number of hydrogen-bond acceptors (Lipinski definition) is 4. The molecule has 1 aromatic carbocycles. The Morgan fingerprint density at radius 1 is 1.16 bits per heavy atom. The van der Waals surface area contributed by atoms with Crippen LogP contribution in [-0.2, 0) is 20.0 Å². The van der Waals surface area contributed by atoms with Crippen LogP contribution in [0.1, 0.15) is 56.2 Å². The molecule has 0 unspecified atom stereocenters. The summed E-state index contributed by atoms with van der Waals surface area (Å²) in [4.78, 5) is 4.80. The Labute approximate surface area is 203 Å². The van der Waals surface area contributed by atoms with Gasteiger partial charge in [-0.25, -0.2) is 4.99 Å². The molecule has 7 nitrogen and oxygen atoms in total. The molecule has 0 saturated heterocycles. The molecule has 1 saturated carbocycles. The summed E-state index contributed by atoms with van der Waals surface area (Å²) < 4.78 is 7.23. The van der Waals surface area contributed by atoms with Crippen molar-refractivity contribution in [2.45, 2.75) is 58.9 Å². The monoisotopic (exact) mass is 540 g/mol. The SMILES string of the molecule is CCC1(CNC(=NCc2nnc(C)n2C)NCCc2ccc(OC)cc2)CCCC1.I. The molecule has 31 heavy (non-hydrogen) atoms. The van der Waals surface area contributed by atoms with Gasteiger partial charge in [0.2, 0.25) is 0 Å². The van der Waals surface area contributed by atoms with Crippen LogP contribution in [0.2, 0.25) is 0 Å². The maximum absolute atomic E-state index is 5.24. The minimum atomic E-state index is 0. The Morgan fingerprint density at radius 3 is 2.45 bits per heavy atom. The molecule has 1 fully saturated rings. The number of nitrogens with one attached hydrogen (secondary N) is 2. The highest BCUT2D eigenvalue weighted by Crippen LogP contribution is 2.40. The number of hydrogen-bond donors (Lipinski definition) is 2. The number of benzene rings is 1. The highest BCUT2D eigenvalue weighted by molar-refractivity contribution is 14.0. The van der Waals surface area contributed by atoms with Crippen LogP contribution in [0.5, 0.6) is 5.75 Å². The van der Waals surface area contributed by atoms with E-state index < -0.39 is 0 Å². The molecule has 0 amide bonds. The van der Waals surface area contributed by atoms with Crippen LogP contribution < -0.4 is 15.4 Å². The lowest BCUT2D eigenvalue weighted by Gasteiger charge is -2.28. The molecule has 2 aromatic rings. The maximum Gasteiger partial charge on any atom is 0.191 e. The molecule has 0 atom stereocenters. The normalized spacial score (nSPS) is 15.4. The van der Waals surface area contributed by atoms with E-state index in [0.717, 1.165) is 42.9 Å². The summed E-state index contributed by atoms with van der Waals surface area (Å²) in [6.07, 6.45) is 7.42. The van der Waals surface area contributed by atoms with Crippen molar-refractivity contribution in [2.75, 3.05) is 20.2 Å². The van der Waals surface area contributed by atoms with E-state index in [1.54, 1.807) is 7.11 Å². The number of halogens is 1. The minimum absolute atomic E-state index is 0. The van der Waals surface area contributed by atoms with E-state index in [0.29, 0.717) is 12.0 Å². The standard InChI is InChI=1S/C23H36N6O.HI/c1-5-23(13-6-7-14-23)17-26-22(25-16-21-28-27-18(2)29(21)3)24-15-12-19-8-10-20(30-4)11-9-19;/h8-11H,5-7,12-17H2,1-4H3,(H2,24,25,26);1H. The lowest BCUT2D eigenvalue weighted by molar-refractivity contribution is 0.283. The van der Waals surface area contributed by atoms with Crippen LogP contribution in [0.3, 0.4) is 0 Å². The lowest BCUT2D eigenvalue weighted by Crippen LogP contribution is -2.43. The first-order valence-corrected chi connectivity index (χ1v) is 11.1. The van der Waals surface area contributed by atoms with Gasteiger partial charge in [-0.2, -0.15) is 0 Å². The van der Waals surface area contributed by atoms with Crippen LogP contribution in [-0.4, -0.2) is 40.9 Å². The highest BCUT2D eigenvalue weighted by atomic mass is 127. The zero-order chi connectivity index (χ0) is 21.4. The fraction of sp³-hybridized carbons (Fsp3) is 0.609. The van der Waals surface area contributed by atoms with Crippen LogP contribution in [0, 0.1) is 12.3 Å². The second-order valence-corrected chi connectivity index (χ2v) is 8.33. The van der Waals surface area contributed by atoms with Crippen molar-refractivity contribution >= 4 is 29.9 Å². The van der Waals surface area contributed by atoms with Gasteiger partial charge in [0.15, 0.2) is 11.8 Å². The highest BCUT2D eigenvalue weighted by Gasteiger charge is 2.31. The van der Waals surface area contributed by atoms with E-state index in [2.05, 4.69) is 39.9 Å². The fourth-order valence-electron chi connectivity index (χ4n) is 4.08. The van der Waals surface area contributed by atoms with Crippen molar-refractivity contribution in [3.63, 3.8) is 0 Å². The molecule has 0 spiro atoms. The summed E-state index contributed by atoms with van der Waals surface area (Å²) in [6, 6.07) is 8.23. The van der Waals surface area contributed by atoms with Gasteiger partial charge >= 0.3 is 0 Å². The Morgan fingerprint density at radius 2 is 1.87 bits per heavy atom. The average Bonchev–Trinajstić information content (AvgIpc) is 3.38. The van der Waals surface area contributed by atoms with Gasteiger partial charge in [-0.05, 0) is 55.7 Å². The third-order valence-corrected chi connectivity index (χ3v) is 6.47. The summed E-state index contributed by atoms with van der Waals surface area (Å²) >= 11 is 0. The van der Waals surface area contributed by atoms with E-state index in [9.17, 15) is 0 Å². The Balaban J connectivity index is 0.00000341. The Bertz CT molecular complexity index is 827. The van der Waals surface area contributed by atoms with Gasteiger partial charge in [-0.15, -0.1) is 34.2 Å². The molecule has 0 bridgehead atoms. The number of rotatable bonds is 9. The smallest absolute Gasteiger partial charge is 0.191 e. The van der Waals surface area contributed by atoms with E-state index in [1.807, 2.05) is 30.7 Å². The van der Waals surface area contributed by atoms with Crippen LogP contribution in [0.25, 0.3) is 0 Å². The molecule has 172 valence electrons. The van der Waals surface area contributed by atoms with Crippen LogP contribution in [0.4, 0.5) is 0 Å². The number of guanidine groups is 1. The molecule has 0 radical (unpaired) electrons. The first-order chi connectivity index (χ1) is 14.5. The molecular formula is C23H37IN6O. The third kappa shape index (κ3) is 7.08. The van der Waals surface area contributed by atoms with Crippen molar-refractivity contribution in [2.24, 2.45) is 17.5 Å². The van der Waals surface area contributed by atoms with Crippen molar-refractivity contribution < 1.29 is 4.74 Å². The number of aliphatic imine (C=N–C) groups is 1. The third-order valence-electron chi connectivity index (χ3n) is 6.47. The van der Waals surface area contributed by atoms with Crippen molar-refractivity contribution in [1.29, 1.82) is 0 Å². The quantitative estimate of drug-likeness (QED) is 0.286. The summed E-state index contributed by atoms with van der Waals surface area (Å²) in [5, 5.41) is 15.5. The van der Waals surface area contributed by atoms with Gasteiger partial charge in [0.1, 0.15) is 18.1 Å². The molecule has 8 heteroatoms. The van der Waals surface area contributed by atoms with Crippen molar-refractivity contribution in [1.82, 2.24) is 25.4 Å². The molecule has 1 aliphatic rings. The number of aryl methyl sites for hydroxylation is 1. The van der Waals surface area contributed by atoms with Crippen LogP contribution in [0.15, 0.2) is 29.3 Å². The van der Waals surface area contributed by atoms with Gasteiger partial charge in [0.05, 0.1) is 7.11 Å². The van der Waals surface area contributed by atoms with Gasteiger partial charge < -0.3 is 19.9 Å².